The van der Waals surface area contributed by atoms with Gasteiger partial charge in [0.1, 0.15) is 5.82 Å². The number of rotatable bonds is 3. The molecule has 20 heavy (non-hydrogen) atoms. The quantitative estimate of drug-likeness (QED) is 0.775. The van der Waals surface area contributed by atoms with E-state index in [1.807, 2.05) is 35.0 Å². The minimum atomic E-state index is -0.308. The number of halogens is 2. The molecule has 3 aromatic rings. The Morgan fingerprint density at radius 3 is 2.65 bits per heavy atom. The summed E-state index contributed by atoms with van der Waals surface area (Å²) in [5.74, 6) is -0.308. The van der Waals surface area contributed by atoms with Crippen LogP contribution in [0.5, 0.6) is 0 Å². The molecule has 0 bridgehead atoms. The van der Waals surface area contributed by atoms with Gasteiger partial charge in [-0.2, -0.15) is 0 Å². The van der Waals surface area contributed by atoms with Gasteiger partial charge in [-0.15, -0.1) is 0 Å². The zero-order valence-corrected chi connectivity index (χ0v) is 11.4. The third-order valence-electron chi connectivity index (χ3n) is 3.46. The van der Waals surface area contributed by atoms with Crippen LogP contribution < -0.4 is 0 Å². The summed E-state index contributed by atoms with van der Waals surface area (Å²) in [5, 5.41) is 10.7. The number of fused-ring (bicyclic) bond motifs is 1. The number of benzene rings is 2. The predicted molar refractivity (Wildman–Crippen MR) is 78.4 cm³/mol. The molecule has 1 aromatic heterocycles. The summed E-state index contributed by atoms with van der Waals surface area (Å²) in [6.45, 7) is 0.353. The maximum Gasteiger partial charge on any atom is 0.129 e. The Bertz CT molecular complexity index is 746. The molecule has 2 nitrogen and oxygen atoms in total. The van der Waals surface area contributed by atoms with Gasteiger partial charge in [0.2, 0.25) is 0 Å². The number of hydrogen-bond acceptors (Lipinski definition) is 1. The van der Waals surface area contributed by atoms with E-state index in [0.29, 0.717) is 17.1 Å². The lowest BCUT2D eigenvalue weighted by Gasteiger charge is -2.09. The van der Waals surface area contributed by atoms with Crippen LogP contribution in [0.15, 0.2) is 48.7 Å². The Hall–Kier alpha value is -1.84. The van der Waals surface area contributed by atoms with Crippen molar-refractivity contribution in [2.24, 2.45) is 0 Å². The van der Waals surface area contributed by atoms with Crippen molar-refractivity contribution in [1.29, 1.82) is 0 Å². The highest BCUT2D eigenvalue weighted by atomic mass is 35.5. The van der Waals surface area contributed by atoms with Gasteiger partial charge in [-0.3, -0.25) is 0 Å². The highest BCUT2D eigenvalue weighted by Crippen LogP contribution is 2.25. The summed E-state index contributed by atoms with van der Waals surface area (Å²) in [6, 6.07) is 12.3. The molecular weight excluding hydrogens is 277 g/mol. The van der Waals surface area contributed by atoms with E-state index < -0.39 is 0 Å². The van der Waals surface area contributed by atoms with Gasteiger partial charge in [-0.05, 0) is 29.8 Å². The van der Waals surface area contributed by atoms with Crippen molar-refractivity contribution in [2.75, 3.05) is 0 Å². The minimum Gasteiger partial charge on any atom is -0.392 e. The maximum absolute atomic E-state index is 13.9. The van der Waals surface area contributed by atoms with E-state index >= 15 is 0 Å². The Morgan fingerprint density at radius 2 is 1.90 bits per heavy atom. The van der Waals surface area contributed by atoms with Crippen molar-refractivity contribution in [2.45, 2.75) is 13.2 Å². The highest BCUT2D eigenvalue weighted by Gasteiger charge is 2.10. The summed E-state index contributed by atoms with van der Waals surface area (Å²) >= 11 is 6.06. The van der Waals surface area contributed by atoms with Gasteiger partial charge in [0.25, 0.3) is 0 Å². The first kappa shape index (κ1) is 13.2. The summed E-state index contributed by atoms with van der Waals surface area (Å²) in [7, 11) is 0. The van der Waals surface area contributed by atoms with E-state index in [-0.39, 0.29) is 12.4 Å². The standard InChI is InChI=1S/C16H13ClFNO/c17-14-4-2-5-15(18)13(14)9-19-8-7-12-11(10-20)3-1-6-16(12)19/h1-8,20H,9-10H2. The molecule has 0 saturated carbocycles. The first-order valence-electron chi connectivity index (χ1n) is 6.31. The van der Waals surface area contributed by atoms with E-state index in [1.54, 1.807) is 12.1 Å². The number of nitrogens with zero attached hydrogens (tertiary/aromatic N) is 1. The lowest BCUT2D eigenvalue weighted by molar-refractivity contribution is 0.283. The molecule has 0 radical (unpaired) electrons. The van der Waals surface area contributed by atoms with E-state index in [4.69, 9.17) is 11.6 Å². The monoisotopic (exact) mass is 289 g/mol. The second-order valence-corrected chi connectivity index (χ2v) is 5.06. The summed E-state index contributed by atoms with van der Waals surface area (Å²) in [6.07, 6.45) is 1.88. The van der Waals surface area contributed by atoms with E-state index in [2.05, 4.69) is 0 Å². The van der Waals surface area contributed by atoms with Gasteiger partial charge in [-0.25, -0.2) is 4.39 Å². The molecule has 0 amide bonds. The van der Waals surface area contributed by atoms with Crippen LogP contribution in [0.2, 0.25) is 5.02 Å². The fourth-order valence-electron chi connectivity index (χ4n) is 2.42. The van der Waals surface area contributed by atoms with E-state index in [1.165, 1.54) is 6.07 Å². The Balaban J connectivity index is 2.08. The molecule has 1 N–H and O–H groups in total. The van der Waals surface area contributed by atoms with Crippen molar-refractivity contribution >= 4 is 22.5 Å². The average molecular weight is 290 g/mol. The molecule has 0 saturated heterocycles. The number of aliphatic hydroxyl groups excluding tert-OH is 1. The molecule has 0 unspecified atom stereocenters. The van der Waals surface area contributed by atoms with Crippen LogP contribution in [0.4, 0.5) is 4.39 Å². The zero-order valence-electron chi connectivity index (χ0n) is 10.7. The van der Waals surface area contributed by atoms with Crippen LogP contribution in [0.3, 0.4) is 0 Å². The molecule has 0 aliphatic rings. The zero-order chi connectivity index (χ0) is 14.1. The van der Waals surface area contributed by atoms with Gasteiger partial charge in [0.15, 0.2) is 0 Å². The van der Waals surface area contributed by atoms with Crippen molar-refractivity contribution in [1.82, 2.24) is 4.57 Å². The smallest absolute Gasteiger partial charge is 0.129 e. The summed E-state index contributed by atoms with van der Waals surface area (Å²) < 4.78 is 15.8. The number of aliphatic hydroxyl groups is 1. The second-order valence-electron chi connectivity index (χ2n) is 4.65. The van der Waals surface area contributed by atoms with Gasteiger partial charge in [0.05, 0.1) is 13.2 Å². The molecule has 3 rings (SSSR count). The van der Waals surface area contributed by atoms with Crippen LogP contribution in [-0.4, -0.2) is 9.67 Å². The van der Waals surface area contributed by atoms with Crippen molar-refractivity contribution in [3.63, 3.8) is 0 Å². The average Bonchev–Trinajstić information content (AvgIpc) is 2.86. The van der Waals surface area contributed by atoms with Crippen molar-refractivity contribution < 1.29 is 9.50 Å². The van der Waals surface area contributed by atoms with Crippen LogP contribution in [0.1, 0.15) is 11.1 Å². The van der Waals surface area contributed by atoms with Crippen molar-refractivity contribution in [3.05, 3.63) is 70.6 Å². The fourth-order valence-corrected chi connectivity index (χ4v) is 2.64. The second kappa shape index (κ2) is 5.27. The molecule has 2 aromatic carbocycles. The molecule has 0 aliphatic carbocycles. The highest BCUT2D eigenvalue weighted by molar-refractivity contribution is 6.31. The third-order valence-corrected chi connectivity index (χ3v) is 3.82. The van der Waals surface area contributed by atoms with E-state index in [0.717, 1.165) is 16.5 Å². The van der Waals surface area contributed by atoms with Gasteiger partial charge in [-0.1, -0.05) is 29.8 Å². The molecule has 0 aliphatic heterocycles. The molecule has 0 fully saturated rings. The van der Waals surface area contributed by atoms with Crippen molar-refractivity contribution in [3.8, 4) is 0 Å². The van der Waals surface area contributed by atoms with Crippen LogP contribution in [0, 0.1) is 5.82 Å². The Morgan fingerprint density at radius 1 is 1.10 bits per heavy atom. The Labute approximate surface area is 121 Å². The van der Waals surface area contributed by atoms with Crippen LogP contribution >= 0.6 is 11.6 Å². The molecular formula is C16H13ClFNO. The predicted octanol–water partition coefficient (Wildman–Crippen LogP) is 3.97. The van der Waals surface area contributed by atoms with Crippen LogP contribution in [0.25, 0.3) is 10.9 Å². The minimum absolute atomic E-state index is 0.0121. The summed E-state index contributed by atoms with van der Waals surface area (Å²) in [4.78, 5) is 0. The first-order valence-corrected chi connectivity index (χ1v) is 6.69. The number of aromatic nitrogens is 1. The summed E-state index contributed by atoms with van der Waals surface area (Å²) in [5.41, 5.74) is 2.29. The lowest BCUT2D eigenvalue weighted by Crippen LogP contribution is -2.01. The molecule has 4 heteroatoms. The third kappa shape index (κ3) is 2.19. The van der Waals surface area contributed by atoms with Gasteiger partial charge >= 0.3 is 0 Å². The largest absolute Gasteiger partial charge is 0.392 e. The molecule has 102 valence electrons. The number of hydrogen-bond donors (Lipinski definition) is 1. The van der Waals surface area contributed by atoms with Gasteiger partial charge in [0, 0.05) is 27.7 Å². The maximum atomic E-state index is 13.9. The fraction of sp³-hybridized carbons (Fsp3) is 0.125. The lowest BCUT2D eigenvalue weighted by atomic mass is 10.1. The Kier molecular flexibility index (Phi) is 3.47. The van der Waals surface area contributed by atoms with Gasteiger partial charge < -0.3 is 9.67 Å². The first-order chi connectivity index (χ1) is 9.70. The van der Waals surface area contributed by atoms with E-state index in [9.17, 15) is 9.50 Å². The van der Waals surface area contributed by atoms with Crippen LogP contribution in [-0.2, 0) is 13.2 Å². The molecule has 0 spiro atoms. The SMILES string of the molecule is OCc1cccc2c1ccn2Cc1c(F)cccc1Cl. The topological polar surface area (TPSA) is 25.2 Å². The normalized spacial score (nSPS) is 11.2. The molecule has 1 heterocycles. The molecule has 0 atom stereocenters.